The molecular weight excluding hydrogens is 279 g/mol. The van der Waals surface area contributed by atoms with Crippen LogP contribution in [0.5, 0.6) is 5.75 Å². The Hall–Kier alpha value is -1.39. The monoisotopic (exact) mass is 303 g/mol. The molecule has 1 N–H and O–H groups in total. The number of hydrogen-bond acceptors (Lipinski definition) is 2. The van der Waals surface area contributed by atoms with Crippen LogP contribution >= 0.6 is 0 Å². The zero-order chi connectivity index (χ0) is 15.9. The Bertz CT molecular complexity index is 420. The average molecular weight is 303 g/mol. The van der Waals surface area contributed by atoms with Crippen LogP contribution in [0.15, 0.2) is 24.3 Å². The zero-order valence-corrected chi connectivity index (χ0v) is 12.8. The molecule has 0 aliphatic heterocycles. The smallest absolute Gasteiger partial charge is 0.422 e. The van der Waals surface area contributed by atoms with Crippen LogP contribution in [0.4, 0.5) is 18.9 Å². The predicted molar refractivity (Wildman–Crippen MR) is 79.8 cm³/mol. The summed E-state index contributed by atoms with van der Waals surface area (Å²) in [7, 11) is 0. The van der Waals surface area contributed by atoms with E-state index in [2.05, 4.69) is 26.1 Å². The highest BCUT2D eigenvalue weighted by molar-refractivity contribution is 5.56. The van der Waals surface area contributed by atoms with Crippen LogP contribution in [0, 0.1) is 5.92 Å². The molecule has 0 radical (unpaired) electrons. The molecule has 0 aliphatic rings. The van der Waals surface area contributed by atoms with E-state index >= 15 is 0 Å². The Kier molecular flexibility index (Phi) is 6.85. The van der Waals surface area contributed by atoms with Gasteiger partial charge in [-0.2, -0.15) is 13.2 Å². The summed E-state index contributed by atoms with van der Waals surface area (Å²) in [4.78, 5) is 0. The maximum atomic E-state index is 12.3. The van der Waals surface area contributed by atoms with Crippen molar-refractivity contribution in [3.8, 4) is 5.75 Å². The van der Waals surface area contributed by atoms with E-state index in [1.54, 1.807) is 24.3 Å². The van der Waals surface area contributed by atoms with Crippen molar-refractivity contribution in [3.63, 3.8) is 0 Å². The van der Waals surface area contributed by atoms with E-state index in [9.17, 15) is 13.2 Å². The highest BCUT2D eigenvalue weighted by Gasteiger charge is 2.28. The van der Waals surface area contributed by atoms with Crippen molar-refractivity contribution in [1.82, 2.24) is 0 Å². The number of ether oxygens (including phenoxy) is 1. The van der Waals surface area contributed by atoms with Gasteiger partial charge in [0.05, 0.1) is 5.69 Å². The maximum absolute atomic E-state index is 12.3. The highest BCUT2D eigenvalue weighted by Crippen LogP contribution is 2.28. The second-order valence-electron chi connectivity index (χ2n) is 5.40. The van der Waals surface area contributed by atoms with Crippen molar-refractivity contribution >= 4 is 5.69 Å². The molecule has 2 nitrogen and oxygen atoms in total. The van der Waals surface area contributed by atoms with Gasteiger partial charge >= 0.3 is 6.18 Å². The van der Waals surface area contributed by atoms with Crippen LogP contribution in [0.25, 0.3) is 0 Å². The third kappa shape index (κ3) is 6.74. The second kappa shape index (κ2) is 8.15. The molecule has 0 bridgehead atoms. The van der Waals surface area contributed by atoms with E-state index in [0.29, 0.717) is 11.6 Å². The third-order valence-corrected chi connectivity index (χ3v) is 3.51. The fourth-order valence-corrected chi connectivity index (χ4v) is 2.07. The van der Waals surface area contributed by atoms with Gasteiger partial charge < -0.3 is 10.1 Å². The normalized spacial score (nSPS) is 14.6. The number of rotatable bonds is 8. The fraction of sp³-hybridized carbons (Fsp3) is 0.625. The second-order valence-corrected chi connectivity index (χ2v) is 5.40. The number of para-hydroxylation sites is 2. The van der Waals surface area contributed by atoms with Crippen molar-refractivity contribution in [2.24, 2.45) is 5.92 Å². The Morgan fingerprint density at radius 1 is 1.14 bits per heavy atom. The van der Waals surface area contributed by atoms with Gasteiger partial charge in [-0.15, -0.1) is 0 Å². The van der Waals surface area contributed by atoms with Gasteiger partial charge in [-0.05, 0) is 30.9 Å². The standard InChI is InChI=1S/C16H24F3NO/c1-4-12(3)10-13(5-2)20-14-8-6-7-9-15(14)21-11-16(17,18)19/h6-9,12-13,20H,4-5,10-11H2,1-3H3. The lowest BCUT2D eigenvalue weighted by Crippen LogP contribution is -2.23. The van der Waals surface area contributed by atoms with Crippen LogP contribution in [0.1, 0.15) is 40.0 Å². The van der Waals surface area contributed by atoms with E-state index in [0.717, 1.165) is 19.3 Å². The van der Waals surface area contributed by atoms with Gasteiger partial charge in [0.2, 0.25) is 0 Å². The van der Waals surface area contributed by atoms with Gasteiger partial charge in [-0.25, -0.2) is 0 Å². The molecule has 120 valence electrons. The first-order chi connectivity index (χ1) is 9.85. The minimum Gasteiger partial charge on any atom is -0.482 e. The Morgan fingerprint density at radius 3 is 2.38 bits per heavy atom. The van der Waals surface area contributed by atoms with Gasteiger partial charge in [-0.3, -0.25) is 0 Å². The summed E-state index contributed by atoms with van der Waals surface area (Å²) in [5.41, 5.74) is 0.622. The Labute approximate surface area is 124 Å². The van der Waals surface area contributed by atoms with Crippen LogP contribution in [0.2, 0.25) is 0 Å². The minimum absolute atomic E-state index is 0.232. The third-order valence-electron chi connectivity index (χ3n) is 3.51. The van der Waals surface area contributed by atoms with E-state index in [-0.39, 0.29) is 11.8 Å². The summed E-state index contributed by atoms with van der Waals surface area (Å²) < 4.78 is 41.7. The van der Waals surface area contributed by atoms with Gasteiger partial charge in [-0.1, -0.05) is 39.3 Å². The van der Waals surface area contributed by atoms with Gasteiger partial charge in [0, 0.05) is 6.04 Å². The largest absolute Gasteiger partial charge is 0.482 e. The van der Waals surface area contributed by atoms with Gasteiger partial charge in [0.1, 0.15) is 5.75 Å². The quantitative estimate of drug-likeness (QED) is 0.707. The van der Waals surface area contributed by atoms with Crippen LogP contribution in [-0.2, 0) is 0 Å². The van der Waals surface area contributed by atoms with E-state index in [4.69, 9.17) is 4.74 Å². The minimum atomic E-state index is -4.33. The molecule has 1 aromatic rings. The summed E-state index contributed by atoms with van der Waals surface area (Å²) in [6.07, 6.45) is -1.34. The van der Waals surface area contributed by atoms with Crippen LogP contribution in [-0.4, -0.2) is 18.8 Å². The maximum Gasteiger partial charge on any atom is 0.422 e. The number of hydrogen-bond donors (Lipinski definition) is 1. The number of nitrogens with one attached hydrogen (secondary N) is 1. The molecule has 0 aromatic heterocycles. The Balaban J connectivity index is 2.73. The lowest BCUT2D eigenvalue weighted by Gasteiger charge is -2.23. The molecule has 21 heavy (non-hydrogen) atoms. The van der Waals surface area contributed by atoms with Gasteiger partial charge in [0.15, 0.2) is 6.61 Å². The van der Waals surface area contributed by atoms with Crippen molar-refractivity contribution in [2.45, 2.75) is 52.3 Å². The van der Waals surface area contributed by atoms with E-state index < -0.39 is 12.8 Å². The SMILES string of the molecule is CCC(C)CC(CC)Nc1ccccc1OCC(F)(F)F. The molecule has 2 unspecified atom stereocenters. The first kappa shape index (κ1) is 17.7. The highest BCUT2D eigenvalue weighted by atomic mass is 19.4. The molecule has 0 saturated carbocycles. The Morgan fingerprint density at radius 2 is 1.81 bits per heavy atom. The molecule has 0 heterocycles. The topological polar surface area (TPSA) is 21.3 Å². The average Bonchev–Trinajstić information content (AvgIpc) is 2.44. The molecule has 0 spiro atoms. The predicted octanol–water partition coefficient (Wildman–Crippen LogP) is 5.25. The van der Waals surface area contributed by atoms with Crippen LogP contribution < -0.4 is 10.1 Å². The first-order valence-electron chi connectivity index (χ1n) is 7.40. The van der Waals surface area contributed by atoms with Crippen molar-refractivity contribution < 1.29 is 17.9 Å². The lowest BCUT2D eigenvalue weighted by atomic mass is 9.97. The summed E-state index contributed by atoms with van der Waals surface area (Å²) in [6.45, 7) is 5.11. The number of benzene rings is 1. The molecule has 0 aliphatic carbocycles. The molecule has 1 rings (SSSR count). The number of halogens is 3. The van der Waals surface area contributed by atoms with Crippen molar-refractivity contribution in [3.05, 3.63) is 24.3 Å². The van der Waals surface area contributed by atoms with E-state index in [1.807, 2.05) is 0 Å². The van der Waals surface area contributed by atoms with Crippen LogP contribution in [0.3, 0.4) is 0 Å². The number of anilines is 1. The molecule has 2 atom stereocenters. The number of alkyl halides is 3. The summed E-state index contributed by atoms with van der Waals surface area (Å²) in [5, 5.41) is 3.31. The summed E-state index contributed by atoms with van der Waals surface area (Å²) in [6, 6.07) is 7.01. The molecule has 5 heteroatoms. The molecule has 0 fully saturated rings. The lowest BCUT2D eigenvalue weighted by molar-refractivity contribution is -0.153. The first-order valence-corrected chi connectivity index (χ1v) is 7.40. The van der Waals surface area contributed by atoms with Gasteiger partial charge in [0.25, 0.3) is 0 Å². The zero-order valence-electron chi connectivity index (χ0n) is 12.8. The molecule has 0 saturated heterocycles. The van der Waals surface area contributed by atoms with Crippen molar-refractivity contribution in [2.75, 3.05) is 11.9 Å². The molecule has 1 aromatic carbocycles. The summed E-state index contributed by atoms with van der Waals surface area (Å²) in [5.74, 6) is 0.822. The van der Waals surface area contributed by atoms with Crippen molar-refractivity contribution in [1.29, 1.82) is 0 Å². The summed E-state index contributed by atoms with van der Waals surface area (Å²) >= 11 is 0. The molecule has 0 amide bonds. The fourth-order valence-electron chi connectivity index (χ4n) is 2.07. The van der Waals surface area contributed by atoms with E-state index in [1.165, 1.54) is 0 Å². The molecular formula is C16H24F3NO.